The van der Waals surface area contributed by atoms with Gasteiger partial charge in [-0.3, -0.25) is 9.59 Å². The molecule has 1 amide bonds. The summed E-state index contributed by atoms with van der Waals surface area (Å²) in [5, 5.41) is 0. The number of fused-ring (bicyclic) bond motifs is 2. The van der Waals surface area contributed by atoms with E-state index in [0.717, 1.165) is 5.76 Å². The summed E-state index contributed by atoms with van der Waals surface area (Å²) in [6, 6.07) is 1.54. The third kappa shape index (κ3) is 1.07. The van der Waals surface area contributed by atoms with Gasteiger partial charge >= 0.3 is 0 Å². The van der Waals surface area contributed by atoms with Crippen molar-refractivity contribution in [3.8, 4) is 0 Å². The molecular weight excluding hydrogens is 194 g/mol. The number of Topliss-reactive ketones (excluding diaryl/α,β-unsaturated/α-hetero) is 1. The molecule has 0 spiro atoms. The fourth-order valence-electron chi connectivity index (χ4n) is 2.43. The van der Waals surface area contributed by atoms with Crippen LogP contribution in [0.5, 0.6) is 0 Å². The Hall–Kier alpha value is -1.58. The van der Waals surface area contributed by atoms with Gasteiger partial charge in [0.15, 0.2) is 5.78 Å². The number of carbonyl (C=O) groups excluding carboxylic acids is 2. The van der Waals surface area contributed by atoms with Crippen LogP contribution in [0.2, 0.25) is 0 Å². The average Bonchev–Trinajstić information content (AvgIpc) is 2.72. The standard InChI is InChI=1S/C11H11NO3/c1-6-4-7-9(15-6)5-12-8(11(7)14)2-3-10(12)13/h4,8H,2-3,5H2,1H3/t8-/m1/s1. The zero-order valence-corrected chi connectivity index (χ0v) is 8.45. The molecule has 3 heterocycles. The number of rotatable bonds is 0. The first-order chi connectivity index (χ1) is 7.16. The van der Waals surface area contributed by atoms with Gasteiger partial charge in [-0.05, 0) is 19.4 Å². The van der Waals surface area contributed by atoms with Gasteiger partial charge in [0, 0.05) is 6.42 Å². The summed E-state index contributed by atoms with van der Waals surface area (Å²) in [5.41, 5.74) is 0.670. The van der Waals surface area contributed by atoms with Crippen LogP contribution in [0.25, 0.3) is 0 Å². The molecule has 0 unspecified atom stereocenters. The lowest BCUT2D eigenvalue weighted by Gasteiger charge is -2.27. The van der Waals surface area contributed by atoms with E-state index in [0.29, 0.717) is 30.7 Å². The third-order valence-corrected chi connectivity index (χ3v) is 3.14. The summed E-state index contributed by atoms with van der Waals surface area (Å²) in [6.45, 7) is 2.27. The Morgan fingerprint density at radius 3 is 3.07 bits per heavy atom. The van der Waals surface area contributed by atoms with Crippen molar-refractivity contribution in [2.45, 2.75) is 32.4 Å². The molecule has 2 aliphatic rings. The minimum atomic E-state index is -0.234. The SMILES string of the molecule is Cc1cc2c(o1)CN1C(=O)CC[C@@H]1C2=O. The number of ketones is 1. The fraction of sp³-hybridized carbons (Fsp3) is 0.455. The Balaban J connectivity index is 2.09. The monoisotopic (exact) mass is 205 g/mol. The summed E-state index contributed by atoms with van der Waals surface area (Å²) >= 11 is 0. The topological polar surface area (TPSA) is 50.5 Å². The van der Waals surface area contributed by atoms with Crippen molar-refractivity contribution in [2.75, 3.05) is 0 Å². The number of aryl methyl sites for hydroxylation is 1. The predicted molar refractivity (Wildman–Crippen MR) is 51.3 cm³/mol. The molecule has 0 saturated carbocycles. The highest BCUT2D eigenvalue weighted by atomic mass is 16.3. The molecule has 1 aromatic heterocycles. The van der Waals surface area contributed by atoms with Gasteiger partial charge in [0.05, 0.1) is 18.2 Å². The van der Waals surface area contributed by atoms with Gasteiger partial charge in [-0.2, -0.15) is 0 Å². The zero-order chi connectivity index (χ0) is 10.6. The van der Waals surface area contributed by atoms with Gasteiger partial charge in [0.25, 0.3) is 0 Å². The number of amides is 1. The Morgan fingerprint density at radius 2 is 2.27 bits per heavy atom. The van der Waals surface area contributed by atoms with E-state index < -0.39 is 0 Å². The molecule has 4 nitrogen and oxygen atoms in total. The first-order valence-electron chi connectivity index (χ1n) is 5.10. The van der Waals surface area contributed by atoms with Crippen LogP contribution in [0, 0.1) is 6.92 Å². The van der Waals surface area contributed by atoms with Crippen LogP contribution in [0.1, 0.15) is 34.7 Å². The highest BCUT2D eigenvalue weighted by molar-refractivity contribution is 6.05. The molecule has 3 rings (SSSR count). The van der Waals surface area contributed by atoms with Crippen LogP contribution >= 0.6 is 0 Å². The summed E-state index contributed by atoms with van der Waals surface area (Å²) in [5.74, 6) is 1.48. The smallest absolute Gasteiger partial charge is 0.223 e. The van der Waals surface area contributed by atoms with Gasteiger partial charge in [0.1, 0.15) is 11.5 Å². The Labute approximate surface area is 86.9 Å². The van der Waals surface area contributed by atoms with E-state index in [-0.39, 0.29) is 17.7 Å². The highest BCUT2D eigenvalue weighted by Crippen LogP contribution is 2.32. The molecule has 0 radical (unpaired) electrons. The molecular formula is C11H11NO3. The van der Waals surface area contributed by atoms with E-state index in [1.54, 1.807) is 11.0 Å². The van der Waals surface area contributed by atoms with Crippen LogP contribution in [-0.4, -0.2) is 22.6 Å². The molecule has 78 valence electrons. The lowest BCUT2D eigenvalue weighted by Crippen LogP contribution is -2.41. The molecule has 2 aliphatic heterocycles. The van der Waals surface area contributed by atoms with E-state index >= 15 is 0 Å². The van der Waals surface area contributed by atoms with Crippen LogP contribution in [0.4, 0.5) is 0 Å². The molecule has 1 atom stereocenters. The minimum absolute atomic E-state index is 0.0407. The van der Waals surface area contributed by atoms with E-state index in [1.165, 1.54) is 0 Å². The Morgan fingerprint density at radius 1 is 1.47 bits per heavy atom. The first kappa shape index (κ1) is 8.71. The van der Waals surface area contributed by atoms with Crippen molar-refractivity contribution in [1.82, 2.24) is 4.90 Å². The molecule has 0 aliphatic carbocycles. The van der Waals surface area contributed by atoms with Crippen LogP contribution < -0.4 is 0 Å². The van der Waals surface area contributed by atoms with Gasteiger partial charge in [-0.15, -0.1) is 0 Å². The van der Waals surface area contributed by atoms with Crippen LogP contribution in [0.3, 0.4) is 0 Å². The number of hydrogen-bond donors (Lipinski definition) is 0. The number of hydrogen-bond acceptors (Lipinski definition) is 3. The summed E-state index contributed by atoms with van der Waals surface area (Å²) in [7, 11) is 0. The van der Waals surface area contributed by atoms with Gasteiger partial charge < -0.3 is 9.32 Å². The van der Waals surface area contributed by atoms with E-state index in [2.05, 4.69) is 0 Å². The first-order valence-corrected chi connectivity index (χ1v) is 5.10. The number of furan rings is 1. The molecule has 0 N–H and O–H groups in total. The Kier molecular flexibility index (Phi) is 1.58. The van der Waals surface area contributed by atoms with Crippen molar-refractivity contribution in [1.29, 1.82) is 0 Å². The maximum atomic E-state index is 12.0. The lowest BCUT2D eigenvalue weighted by atomic mass is 9.98. The third-order valence-electron chi connectivity index (χ3n) is 3.14. The average molecular weight is 205 g/mol. The highest BCUT2D eigenvalue weighted by Gasteiger charge is 2.42. The van der Waals surface area contributed by atoms with E-state index in [1.807, 2.05) is 6.92 Å². The van der Waals surface area contributed by atoms with Crippen molar-refractivity contribution in [3.05, 3.63) is 23.2 Å². The molecule has 1 aromatic rings. The molecule has 15 heavy (non-hydrogen) atoms. The quantitative estimate of drug-likeness (QED) is 0.641. The van der Waals surface area contributed by atoms with E-state index in [4.69, 9.17) is 4.42 Å². The normalized spacial score (nSPS) is 24.3. The molecule has 1 fully saturated rings. The maximum absolute atomic E-state index is 12.0. The van der Waals surface area contributed by atoms with E-state index in [9.17, 15) is 9.59 Å². The summed E-state index contributed by atoms with van der Waals surface area (Å²) < 4.78 is 5.42. The van der Waals surface area contributed by atoms with Gasteiger partial charge in [-0.1, -0.05) is 0 Å². The Bertz CT molecular complexity index is 460. The second-order valence-corrected chi connectivity index (χ2v) is 4.13. The molecule has 1 saturated heterocycles. The summed E-state index contributed by atoms with van der Waals surface area (Å²) in [4.78, 5) is 25.1. The summed E-state index contributed by atoms with van der Waals surface area (Å²) in [6.07, 6.45) is 1.14. The number of nitrogens with zero attached hydrogens (tertiary/aromatic N) is 1. The lowest BCUT2D eigenvalue weighted by molar-refractivity contribution is -0.129. The molecule has 4 heteroatoms. The van der Waals surface area contributed by atoms with Crippen LogP contribution in [-0.2, 0) is 11.3 Å². The fourth-order valence-corrected chi connectivity index (χ4v) is 2.43. The second-order valence-electron chi connectivity index (χ2n) is 4.13. The van der Waals surface area contributed by atoms with Crippen molar-refractivity contribution >= 4 is 11.7 Å². The van der Waals surface area contributed by atoms with Gasteiger partial charge in [-0.25, -0.2) is 0 Å². The number of carbonyl (C=O) groups is 2. The molecule has 0 aromatic carbocycles. The predicted octanol–water partition coefficient (Wildman–Crippen LogP) is 1.28. The molecule has 0 bridgehead atoms. The zero-order valence-electron chi connectivity index (χ0n) is 8.45. The second kappa shape index (κ2) is 2.72. The van der Waals surface area contributed by atoms with Crippen molar-refractivity contribution in [3.63, 3.8) is 0 Å². The van der Waals surface area contributed by atoms with Crippen molar-refractivity contribution in [2.24, 2.45) is 0 Å². The largest absolute Gasteiger partial charge is 0.464 e. The van der Waals surface area contributed by atoms with Crippen LogP contribution in [0.15, 0.2) is 10.5 Å². The van der Waals surface area contributed by atoms with Crippen molar-refractivity contribution < 1.29 is 14.0 Å². The maximum Gasteiger partial charge on any atom is 0.223 e. The van der Waals surface area contributed by atoms with Gasteiger partial charge in [0.2, 0.25) is 5.91 Å². The minimum Gasteiger partial charge on any atom is -0.464 e.